The smallest absolute Gasteiger partial charge is 0.222 e. The second kappa shape index (κ2) is 5.95. The quantitative estimate of drug-likeness (QED) is 0.855. The standard InChI is InChI=1S/C14H22ClN3O/c1-4-11-5-6-13(19)18(8-7-11)9-12-10(2)16-17(3)14(12)15/h11H,4-9H2,1-3H3. The van der Waals surface area contributed by atoms with Crippen molar-refractivity contribution >= 4 is 17.5 Å². The van der Waals surface area contributed by atoms with Gasteiger partial charge in [-0.25, -0.2) is 0 Å². The molecule has 1 unspecified atom stereocenters. The first-order valence-electron chi connectivity index (χ1n) is 6.98. The Balaban J connectivity index is 2.11. The zero-order valence-electron chi connectivity index (χ0n) is 11.9. The number of nitrogens with zero attached hydrogens (tertiary/aromatic N) is 3. The first-order chi connectivity index (χ1) is 9.02. The van der Waals surface area contributed by atoms with Gasteiger partial charge in [0.1, 0.15) is 5.15 Å². The molecule has 0 bridgehead atoms. The molecule has 0 spiro atoms. The number of carbonyl (C=O) groups excluding carboxylic acids is 1. The summed E-state index contributed by atoms with van der Waals surface area (Å²) in [5.74, 6) is 0.926. The molecule has 1 aromatic heterocycles. The van der Waals surface area contributed by atoms with Crippen LogP contribution in [0, 0.1) is 12.8 Å². The largest absolute Gasteiger partial charge is 0.338 e. The van der Waals surface area contributed by atoms with Crippen LogP contribution in [0.5, 0.6) is 0 Å². The van der Waals surface area contributed by atoms with Crippen LogP contribution in [0.15, 0.2) is 0 Å². The van der Waals surface area contributed by atoms with Crippen LogP contribution in [-0.2, 0) is 18.4 Å². The summed E-state index contributed by atoms with van der Waals surface area (Å²) in [6.45, 7) is 5.57. The van der Waals surface area contributed by atoms with E-state index >= 15 is 0 Å². The molecule has 0 aromatic carbocycles. The van der Waals surface area contributed by atoms with Gasteiger partial charge in [0.2, 0.25) is 5.91 Å². The molecular formula is C14H22ClN3O. The third-order valence-corrected chi connectivity index (χ3v) is 4.60. The van der Waals surface area contributed by atoms with E-state index in [2.05, 4.69) is 12.0 Å². The van der Waals surface area contributed by atoms with Crippen molar-refractivity contribution in [3.05, 3.63) is 16.4 Å². The van der Waals surface area contributed by atoms with Crippen LogP contribution < -0.4 is 0 Å². The van der Waals surface area contributed by atoms with Gasteiger partial charge in [-0.1, -0.05) is 24.9 Å². The SMILES string of the molecule is CCC1CCC(=O)N(Cc2c(C)nn(C)c2Cl)CC1. The average molecular weight is 284 g/mol. The molecule has 0 aliphatic carbocycles. The Labute approximate surface area is 119 Å². The van der Waals surface area contributed by atoms with Crippen LogP contribution in [0.2, 0.25) is 5.15 Å². The van der Waals surface area contributed by atoms with Crippen molar-refractivity contribution < 1.29 is 4.79 Å². The van der Waals surface area contributed by atoms with Gasteiger partial charge in [-0.15, -0.1) is 0 Å². The molecule has 2 heterocycles. The molecule has 19 heavy (non-hydrogen) atoms. The van der Waals surface area contributed by atoms with E-state index in [-0.39, 0.29) is 5.91 Å². The van der Waals surface area contributed by atoms with Gasteiger partial charge in [0.05, 0.1) is 12.2 Å². The highest BCUT2D eigenvalue weighted by Crippen LogP contribution is 2.25. The normalized spacial score (nSPS) is 20.7. The van der Waals surface area contributed by atoms with E-state index in [4.69, 9.17) is 11.6 Å². The summed E-state index contributed by atoms with van der Waals surface area (Å²) in [4.78, 5) is 14.1. The molecular weight excluding hydrogens is 262 g/mol. The van der Waals surface area contributed by atoms with Gasteiger partial charge in [0.15, 0.2) is 0 Å². The maximum atomic E-state index is 12.2. The Bertz CT molecular complexity index is 470. The van der Waals surface area contributed by atoms with Crippen molar-refractivity contribution in [1.29, 1.82) is 0 Å². The summed E-state index contributed by atoms with van der Waals surface area (Å²) in [7, 11) is 1.83. The van der Waals surface area contributed by atoms with Gasteiger partial charge in [-0.3, -0.25) is 9.48 Å². The molecule has 1 aromatic rings. The minimum Gasteiger partial charge on any atom is -0.338 e. The highest BCUT2D eigenvalue weighted by Gasteiger charge is 2.23. The maximum Gasteiger partial charge on any atom is 0.222 e. The second-order valence-corrected chi connectivity index (χ2v) is 5.75. The summed E-state index contributed by atoms with van der Waals surface area (Å²) < 4.78 is 1.67. The fourth-order valence-electron chi connectivity index (χ4n) is 2.71. The Hall–Kier alpha value is -1.03. The lowest BCUT2D eigenvalue weighted by Crippen LogP contribution is -2.30. The second-order valence-electron chi connectivity index (χ2n) is 5.40. The molecule has 0 N–H and O–H groups in total. The number of hydrogen-bond donors (Lipinski definition) is 0. The molecule has 1 atom stereocenters. The number of carbonyl (C=O) groups is 1. The monoisotopic (exact) mass is 283 g/mol. The van der Waals surface area contributed by atoms with Crippen LogP contribution in [0.25, 0.3) is 0 Å². The van der Waals surface area contributed by atoms with Crippen LogP contribution >= 0.6 is 11.6 Å². The van der Waals surface area contributed by atoms with Crippen molar-refractivity contribution in [2.75, 3.05) is 6.54 Å². The Kier molecular flexibility index (Phi) is 4.50. The Morgan fingerprint density at radius 1 is 1.42 bits per heavy atom. The minimum absolute atomic E-state index is 0.246. The molecule has 0 saturated carbocycles. The van der Waals surface area contributed by atoms with E-state index in [9.17, 15) is 4.79 Å². The molecule has 1 saturated heterocycles. The predicted molar refractivity (Wildman–Crippen MR) is 76.0 cm³/mol. The number of aryl methyl sites for hydroxylation is 2. The van der Waals surface area contributed by atoms with Gasteiger partial charge in [-0.05, 0) is 25.7 Å². The van der Waals surface area contributed by atoms with Gasteiger partial charge in [0, 0.05) is 25.6 Å². The van der Waals surface area contributed by atoms with Gasteiger partial charge in [0.25, 0.3) is 0 Å². The number of halogens is 1. The van der Waals surface area contributed by atoms with Crippen molar-refractivity contribution in [2.45, 2.75) is 46.1 Å². The first kappa shape index (κ1) is 14.4. The molecule has 4 nitrogen and oxygen atoms in total. The van der Waals surface area contributed by atoms with Crippen LogP contribution in [0.3, 0.4) is 0 Å². The summed E-state index contributed by atoms with van der Waals surface area (Å²) in [6.07, 6.45) is 3.94. The fraction of sp³-hybridized carbons (Fsp3) is 0.714. The summed E-state index contributed by atoms with van der Waals surface area (Å²) in [5.41, 5.74) is 1.89. The Morgan fingerprint density at radius 2 is 2.16 bits per heavy atom. The minimum atomic E-state index is 0.246. The van der Waals surface area contributed by atoms with E-state index in [1.165, 1.54) is 0 Å². The fourth-order valence-corrected chi connectivity index (χ4v) is 2.95. The topological polar surface area (TPSA) is 38.1 Å². The van der Waals surface area contributed by atoms with Gasteiger partial charge in [-0.2, -0.15) is 5.10 Å². The van der Waals surface area contributed by atoms with E-state index in [1.807, 2.05) is 18.9 Å². The molecule has 106 valence electrons. The van der Waals surface area contributed by atoms with E-state index < -0.39 is 0 Å². The highest BCUT2D eigenvalue weighted by atomic mass is 35.5. The van der Waals surface area contributed by atoms with Gasteiger partial charge >= 0.3 is 0 Å². The van der Waals surface area contributed by atoms with Crippen molar-refractivity contribution in [3.63, 3.8) is 0 Å². The Morgan fingerprint density at radius 3 is 2.74 bits per heavy atom. The zero-order valence-corrected chi connectivity index (χ0v) is 12.7. The van der Waals surface area contributed by atoms with Crippen molar-refractivity contribution in [3.8, 4) is 0 Å². The number of amides is 1. The number of rotatable bonds is 3. The molecule has 0 radical (unpaired) electrons. The molecule has 1 amide bonds. The molecule has 1 aliphatic heterocycles. The van der Waals surface area contributed by atoms with Gasteiger partial charge < -0.3 is 4.90 Å². The van der Waals surface area contributed by atoms with Crippen molar-refractivity contribution in [1.82, 2.24) is 14.7 Å². The van der Waals surface area contributed by atoms with E-state index in [0.717, 1.165) is 37.1 Å². The summed E-state index contributed by atoms with van der Waals surface area (Å²) >= 11 is 6.24. The highest BCUT2D eigenvalue weighted by molar-refractivity contribution is 6.30. The number of likely N-dealkylation sites (tertiary alicyclic amines) is 1. The lowest BCUT2D eigenvalue weighted by atomic mass is 9.98. The number of aromatic nitrogens is 2. The maximum absolute atomic E-state index is 12.2. The summed E-state index contributed by atoms with van der Waals surface area (Å²) in [6, 6.07) is 0. The van der Waals surface area contributed by atoms with Crippen molar-refractivity contribution in [2.24, 2.45) is 13.0 Å². The van der Waals surface area contributed by atoms with Crippen LogP contribution in [-0.4, -0.2) is 27.1 Å². The molecule has 1 aliphatic rings. The van der Waals surface area contributed by atoms with Crippen LogP contribution in [0.4, 0.5) is 0 Å². The van der Waals surface area contributed by atoms with E-state index in [0.29, 0.717) is 24.0 Å². The first-order valence-corrected chi connectivity index (χ1v) is 7.36. The average Bonchev–Trinajstić information content (AvgIpc) is 2.55. The zero-order chi connectivity index (χ0) is 14.0. The third kappa shape index (κ3) is 3.11. The molecule has 2 rings (SSSR count). The predicted octanol–water partition coefficient (Wildman–Crippen LogP) is 2.92. The lowest BCUT2D eigenvalue weighted by Gasteiger charge is -2.20. The molecule has 5 heteroatoms. The van der Waals surface area contributed by atoms with Crippen LogP contribution in [0.1, 0.15) is 43.9 Å². The molecule has 1 fully saturated rings. The van der Waals surface area contributed by atoms with E-state index in [1.54, 1.807) is 4.68 Å². The third-order valence-electron chi connectivity index (χ3n) is 4.12. The lowest BCUT2D eigenvalue weighted by molar-refractivity contribution is -0.131. The summed E-state index contributed by atoms with van der Waals surface area (Å²) in [5, 5.41) is 4.94. The number of hydrogen-bond acceptors (Lipinski definition) is 2.